The second-order valence-electron chi connectivity index (χ2n) is 4.85. The molecule has 0 amide bonds. The van der Waals surface area contributed by atoms with Gasteiger partial charge in [-0.15, -0.1) is 0 Å². The van der Waals surface area contributed by atoms with Crippen molar-refractivity contribution in [3.05, 3.63) is 35.4 Å². The fraction of sp³-hybridized carbons (Fsp3) is 0.571. The fourth-order valence-corrected chi connectivity index (χ4v) is 2.61. The molecule has 1 aromatic rings. The average molecular weight is 289 g/mol. The SMILES string of the molecule is CSCCN(Cc1ccccc1C(F)(F)F)C1CC1. The van der Waals surface area contributed by atoms with E-state index >= 15 is 0 Å². The first kappa shape index (κ1) is 14.7. The Morgan fingerprint density at radius 3 is 2.53 bits per heavy atom. The highest BCUT2D eigenvalue weighted by Crippen LogP contribution is 2.34. The van der Waals surface area contributed by atoms with E-state index in [1.165, 1.54) is 12.1 Å². The maximum Gasteiger partial charge on any atom is 0.416 e. The summed E-state index contributed by atoms with van der Waals surface area (Å²) in [6.45, 7) is 1.26. The van der Waals surface area contributed by atoms with E-state index < -0.39 is 11.7 Å². The summed E-state index contributed by atoms with van der Waals surface area (Å²) in [4.78, 5) is 2.18. The Bertz CT molecular complexity index is 415. The van der Waals surface area contributed by atoms with E-state index in [0.717, 1.165) is 25.1 Å². The van der Waals surface area contributed by atoms with Crippen molar-refractivity contribution in [1.29, 1.82) is 0 Å². The minimum Gasteiger partial charge on any atom is -0.295 e. The van der Waals surface area contributed by atoms with Gasteiger partial charge in [0.1, 0.15) is 0 Å². The number of halogens is 3. The van der Waals surface area contributed by atoms with Crippen LogP contribution in [0.1, 0.15) is 24.0 Å². The van der Waals surface area contributed by atoms with Crippen LogP contribution in [0.15, 0.2) is 24.3 Å². The topological polar surface area (TPSA) is 3.24 Å². The fourth-order valence-electron chi connectivity index (χ4n) is 2.19. The molecule has 0 spiro atoms. The third-order valence-electron chi connectivity index (χ3n) is 3.34. The van der Waals surface area contributed by atoms with Gasteiger partial charge in [-0.25, -0.2) is 0 Å². The predicted molar refractivity (Wildman–Crippen MR) is 73.3 cm³/mol. The van der Waals surface area contributed by atoms with Gasteiger partial charge in [-0.2, -0.15) is 24.9 Å². The smallest absolute Gasteiger partial charge is 0.295 e. The molecule has 1 fully saturated rings. The summed E-state index contributed by atoms with van der Waals surface area (Å²) >= 11 is 1.73. The average Bonchev–Trinajstić information content (AvgIpc) is 3.18. The lowest BCUT2D eigenvalue weighted by molar-refractivity contribution is -0.138. The van der Waals surface area contributed by atoms with Crippen molar-refractivity contribution in [2.45, 2.75) is 31.6 Å². The Morgan fingerprint density at radius 1 is 1.26 bits per heavy atom. The van der Waals surface area contributed by atoms with Gasteiger partial charge in [0.05, 0.1) is 5.56 Å². The molecule has 1 aliphatic rings. The molecule has 0 atom stereocenters. The Labute approximate surface area is 116 Å². The highest BCUT2D eigenvalue weighted by Gasteiger charge is 2.35. The van der Waals surface area contributed by atoms with Crippen LogP contribution in [-0.2, 0) is 12.7 Å². The molecule has 1 nitrogen and oxygen atoms in total. The van der Waals surface area contributed by atoms with Crippen molar-refractivity contribution in [2.75, 3.05) is 18.6 Å². The van der Waals surface area contributed by atoms with Gasteiger partial charge in [0, 0.05) is 24.9 Å². The number of hydrogen-bond donors (Lipinski definition) is 0. The summed E-state index contributed by atoms with van der Waals surface area (Å²) in [5.74, 6) is 0.963. The minimum atomic E-state index is -4.26. The summed E-state index contributed by atoms with van der Waals surface area (Å²) in [7, 11) is 0. The van der Waals surface area contributed by atoms with Crippen LogP contribution in [0, 0.1) is 0 Å². The number of benzene rings is 1. The lowest BCUT2D eigenvalue weighted by atomic mass is 10.1. The van der Waals surface area contributed by atoms with Gasteiger partial charge >= 0.3 is 6.18 Å². The number of alkyl halides is 3. The van der Waals surface area contributed by atoms with Crippen LogP contribution in [0.5, 0.6) is 0 Å². The van der Waals surface area contributed by atoms with Gasteiger partial charge in [0.25, 0.3) is 0 Å². The predicted octanol–water partition coefficient (Wildman–Crippen LogP) is 4.03. The Morgan fingerprint density at radius 2 is 1.95 bits per heavy atom. The zero-order chi connectivity index (χ0) is 13.9. The summed E-state index contributed by atoms with van der Waals surface area (Å²) < 4.78 is 38.8. The van der Waals surface area contributed by atoms with Crippen LogP contribution in [-0.4, -0.2) is 29.5 Å². The summed E-state index contributed by atoms with van der Waals surface area (Å²) in [5, 5.41) is 0. The van der Waals surface area contributed by atoms with Gasteiger partial charge < -0.3 is 0 Å². The molecule has 0 radical (unpaired) electrons. The van der Waals surface area contributed by atoms with Crippen LogP contribution >= 0.6 is 11.8 Å². The Kier molecular flexibility index (Phi) is 4.79. The zero-order valence-electron chi connectivity index (χ0n) is 10.9. The van der Waals surface area contributed by atoms with Crippen LogP contribution in [0.2, 0.25) is 0 Å². The molecular weight excluding hydrogens is 271 g/mol. The maximum absolute atomic E-state index is 12.9. The van der Waals surface area contributed by atoms with Crippen LogP contribution in [0.4, 0.5) is 13.2 Å². The first-order chi connectivity index (χ1) is 9.02. The molecule has 5 heteroatoms. The second-order valence-corrected chi connectivity index (χ2v) is 5.83. The Hall–Kier alpha value is -0.680. The summed E-state index contributed by atoms with van der Waals surface area (Å²) in [6, 6.07) is 6.39. The lowest BCUT2D eigenvalue weighted by Crippen LogP contribution is -2.29. The number of nitrogens with zero attached hydrogens (tertiary/aromatic N) is 1. The van der Waals surface area contributed by atoms with Crippen molar-refractivity contribution in [3.8, 4) is 0 Å². The number of rotatable bonds is 6. The van der Waals surface area contributed by atoms with Gasteiger partial charge in [0.2, 0.25) is 0 Å². The molecule has 1 aromatic carbocycles. The number of thioether (sulfide) groups is 1. The molecule has 0 saturated heterocycles. The zero-order valence-corrected chi connectivity index (χ0v) is 11.7. The van der Waals surface area contributed by atoms with Gasteiger partial charge in [-0.1, -0.05) is 18.2 Å². The number of hydrogen-bond acceptors (Lipinski definition) is 2. The van der Waals surface area contributed by atoms with E-state index in [9.17, 15) is 13.2 Å². The van der Waals surface area contributed by atoms with Gasteiger partial charge in [-0.3, -0.25) is 4.90 Å². The third kappa shape index (κ3) is 4.14. The monoisotopic (exact) mass is 289 g/mol. The van der Waals surface area contributed by atoms with Crippen molar-refractivity contribution in [1.82, 2.24) is 4.90 Å². The van der Waals surface area contributed by atoms with Crippen molar-refractivity contribution in [2.24, 2.45) is 0 Å². The van der Waals surface area contributed by atoms with E-state index in [2.05, 4.69) is 4.90 Å². The highest BCUT2D eigenvalue weighted by molar-refractivity contribution is 7.98. The maximum atomic E-state index is 12.9. The van der Waals surface area contributed by atoms with E-state index in [1.54, 1.807) is 23.9 Å². The van der Waals surface area contributed by atoms with Crippen molar-refractivity contribution in [3.63, 3.8) is 0 Å². The molecule has 0 aromatic heterocycles. The first-order valence-corrected chi connectivity index (χ1v) is 7.80. The summed E-state index contributed by atoms with van der Waals surface area (Å²) in [5.41, 5.74) is -0.104. The van der Waals surface area contributed by atoms with Crippen LogP contribution in [0.3, 0.4) is 0 Å². The molecule has 0 aliphatic heterocycles. The molecule has 0 heterocycles. The molecule has 2 rings (SSSR count). The van der Waals surface area contributed by atoms with Crippen LogP contribution < -0.4 is 0 Å². The third-order valence-corrected chi connectivity index (χ3v) is 3.93. The second kappa shape index (κ2) is 6.18. The molecule has 0 unspecified atom stereocenters. The molecule has 0 N–H and O–H groups in total. The van der Waals surface area contributed by atoms with E-state index in [0.29, 0.717) is 18.2 Å². The standard InChI is InChI=1S/C14H18F3NS/c1-19-9-8-18(12-6-7-12)10-11-4-2-3-5-13(11)14(15,16)17/h2-5,12H,6-10H2,1H3. The molecule has 19 heavy (non-hydrogen) atoms. The minimum absolute atomic E-state index is 0.392. The van der Waals surface area contributed by atoms with Gasteiger partial charge in [0.15, 0.2) is 0 Å². The summed E-state index contributed by atoms with van der Waals surface area (Å²) in [6.07, 6.45) is -0.00874. The highest BCUT2D eigenvalue weighted by atomic mass is 32.2. The van der Waals surface area contributed by atoms with Crippen molar-refractivity contribution < 1.29 is 13.2 Å². The van der Waals surface area contributed by atoms with E-state index in [1.807, 2.05) is 6.26 Å². The molecular formula is C14H18F3NS. The lowest BCUT2D eigenvalue weighted by Gasteiger charge is -2.23. The largest absolute Gasteiger partial charge is 0.416 e. The normalized spacial score (nSPS) is 16.1. The first-order valence-electron chi connectivity index (χ1n) is 6.40. The molecule has 106 valence electrons. The van der Waals surface area contributed by atoms with E-state index in [4.69, 9.17) is 0 Å². The van der Waals surface area contributed by atoms with E-state index in [-0.39, 0.29) is 0 Å². The quantitative estimate of drug-likeness (QED) is 0.778. The molecule has 0 bridgehead atoms. The van der Waals surface area contributed by atoms with Crippen LogP contribution in [0.25, 0.3) is 0 Å². The van der Waals surface area contributed by atoms with Gasteiger partial charge in [-0.05, 0) is 30.7 Å². The Balaban J connectivity index is 2.12. The molecule has 1 saturated carbocycles. The van der Waals surface area contributed by atoms with Crippen molar-refractivity contribution >= 4 is 11.8 Å². The molecule has 1 aliphatic carbocycles.